The van der Waals surface area contributed by atoms with E-state index in [2.05, 4.69) is 25.5 Å². The molecule has 1 unspecified atom stereocenters. The first kappa shape index (κ1) is 23.2. The number of amides is 1. The number of anilines is 1. The van der Waals surface area contributed by atoms with Crippen LogP contribution in [0.15, 0.2) is 41.3 Å². The molecule has 5 heterocycles. The molecule has 35 heavy (non-hydrogen) atoms. The summed E-state index contributed by atoms with van der Waals surface area (Å²) in [6.45, 7) is 3.52. The molecule has 1 saturated heterocycles. The van der Waals surface area contributed by atoms with Gasteiger partial charge >= 0.3 is 0 Å². The third-order valence-electron chi connectivity index (χ3n) is 6.42. The molecule has 2 aliphatic rings. The summed E-state index contributed by atoms with van der Waals surface area (Å²) in [5, 5.41) is 16.6. The van der Waals surface area contributed by atoms with Gasteiger partial charge in [0.25, 0.3) is 11.5 Å². The number of nitrogens with one attached hydrogen (secondary N) is 2. The highest BCUT2D eigenvalue weighted by molar-refractivity contribution is 5.94. The van der Waals surface area contributed by atoms with Crippen LogP contribution in [0.1, 0.15) is 5.69 Å². The number of pyridine rings is 3. The van der Waals surface area contributed by atoms with E-state index in [0.717, 1.165) is 23.3 Å². The van der Waals surface area contributed by atoms with Crippen LogP contribution in [0.5, 0.6) is 11.5 Å². The lowest BCUT2D eigenvalue weighted by atomic mass is 10.1. The second-order valence-electron chi connectivity index (χ2n) is 8.81. The molecule has 1 fully saturated rings. The molecule has 3 aromatic heterocycles. The largest absolute Gasteiger partial charge is 0.495 e. The van der Waals surface area contributed by atoms with Crippen LogP contribution in [0.4, 0.5) is 5.82 Å². The van der Waals surface area contributed by atoms with Gasteiger partial charge in [0.05, 0.1) is 36.1 Å². The molecule has 1 amide bonds. The van der Waals surface area contributed by atoms with Crippen molar-refractivity contribution >= 4 is 22.8 Å². The van der Waals surface area contributed by atoms with Gasteiger partial charge in [0.1, 0.15) is 5.75 Å². The Morgan fingerprint density at radius 2 is 2.11 bits per heavy atom. The lowest BCUT2D eigenvalue weighted by Crippen LogP contribution is -2.31. The van der Waals surface area contributed by atoms with Gasteiger partial charge in [0.2, 0.25) is 0 Å². The fraction of sp³-hybridized carbons (Fsp3) is 0.417. The molecular formula is C24H28N6O5. The Labute approximate surface area is 201 Å². The number of ether oxygens (including phenoxy) is 2. The van der Waals surface area contributed by atoms with Crippen LogP contribution < -0.4 is 25.7 Å². The van der Waals surface area contributed by atoms with Crippen molar-refractivity contribution in [1.29, 1.82) is 0 Å². The number of aliphatic hydroxyl groups is 1. The maximum atomic E-state index is 12.5. The second-order valence-corrected chi connectivity index (χ2v) is 8.81. The lowest BCUT2D eigenvalue weighted by molar-refractivity contribution is -0.118. The number of rotatable bonds is 8. The molecule has 0 aromatic carbocycles. The van der Waals surface area contributed by atoms with Crippen molar-refractivity contribution < 1.29 is 19.4 Å². The summed E-state index contributed by atoms with van der Waals surface area (Å²) >= 11 is 0. The fourth-order valence-corrected chi connectivity index (χ4v) is 4.55. The van der Waals surface area contributed by atoms with Gasteiger partial charge in [-0.25, -0.2) is 4.98 Å². The number of β-amino-alcohol motifs (C(OH)–C–C–N with tert-alkyl or cyclic N) is 1. The number of aliphatic hydroxyl groups excluding tert-OH is 1. The minimum Gasteiger partial charge on any atom is -0.495 e. The molecule has 3 N–H and O–H groups in total. The molecule has 2 atom stereocenters. The topological polar surface area (TPSA) is 131 Å². The monoisotopic (exact) mass is 480 g/mol. The summed E-state index contributed by atoms with van der Waals surface area (Å²) in [7, 11) is 1.57. The van der Waals surface area contributed by atoms with Crippen molar-refractivity contribution in [3.8, 4) is 11.5 Å². The number of likely N-dealkylation sites (tertiary alicyclic amines) is 1. The molecule has 184 valence electrons. The van der Waals surface area contributed by atoms with Crippen molar-refractivity contribution in [2.24, 2.45) is 5.92 Å². The fourth-order valence-electron chi connectivity index (χ4n) is 4.55. The van der Waals surface area contributed by atoms with E-state index >= 15 is 0 Å². The van der Waals surface area contributed by atoms with Gasteiger partial charge in [-0.1, -0.05) is 0 Å². The Kier molecular flexibility index (Phi) is 6.62. The Balaban J connectivity index is 1.16. The predicted molar refractivity (Wildman–Crippen MR) is 129 cm³/mol. The minimum atomic E-state index is -0.460. The van der Waals surface area contributed by atoms with E-state index in [1.807, 2.05) is 12.1 Å². The standard InChI is InChI=1S/C24H28N6O5/c1-34-17-8-19-18(26-11-17)3-5-23(33)30(19)7-6-29-12-15(20(31)13-29)9-25-10-16-2-4-21-24(27-16)28-22(32)14-35-21/h2-5,8,11,15,20,25,31H,6-7,9-10,12-14H2,1H3,(H,27,28,32)/t15-,20?/m1/s1. The van der Waals surface area contributed by atoms with E-state index < -0.39 is 6.10 Å². The van der Waals surface area contributed by atoms with Crippen molar-refractivity contribution in [2.45, 2.75) is 19.2 Å². The molecule has 0 saturated carbocycles. The van der Waals surface area contributed by atoms with Gasteiger partial charge in [-0.15, -0.1) is 0 Å². The van der Waals surface area contributed by atoms with Crippen LogP contribution in [-0.2, 0) is 17.9 Å². The molecular weight excluding hydrogens is 452 g/mol. The van der Waals surface area contributed by atoms with Crippen molar-refractivity contribution in [3.05, 3.63) is 52.6 Å². The van der Waals surface area contributed by atoms with E-state index in [4.69, 9.17) is 9.47 Å². The highest BCUT2D eigenvalue weighted by Crippen LogP contribution is 2.25. The molecule has 0 radical (unpaired) electrons. The van der Waals surface area contributed by atoms with Crippen LogP contribution in [0.25, 0.3) is 11.0 Å². The number of hydrogen-bond donors (Lipinski definition) is 3. The zero-order valence-electron chi connectivity index (χ0n) is 19.4. The Hall–Kier alpha value is -3.54. The lowest BCUT2D eigenvalue weighted by Gasteiger charge is -2.18. The summed E-state index contributed by atoms with van der Waals surface area (Å²) in [6, 6.07) is 8.71. The van der Waals surface area contributed by atoms with E-state index in [-0.39, 0.29) is 24.0 Å². The summed E-state index contributed by atoms with van der Waals surface area (Å²) < 4.78 is 12.3. The molecule has 2 aliphatic heterocycles. The Morgan fingerprint density at radius 1 is 1.23 bits per heavy atom. The number of aromatic nitrogens is 3. The maximum Gasteiger partial charge on any atom is 0.263 e. The smallest absolute Gasteiger partial charge is 0.263 e. The van der Waals surface area contributed by atoms with Gasteiger partial charge in [-0.05, 0) is 18.2 Å². The van der Waals surface area contributed by atoms with Crippen LogP contribution in [0.3, 0.4) is 0 Å². The predicted octanol–water partition coefficient (Wildman–Crippen LogP) is 0.214. The van der Waals surface area contributed by atoms with Gasteiger partial charge in [0, 0.05) is 57.3 Å². The highest BCUT2D eigenvalue weighted by atomic mass is 16.5. The normalized spacial score (nSPS) is 19.9. The maximum absolute atomic E-state index is 12.5. The van der Waals surface area contributed by atoms with E-state index in [9.17, 15) is 14.7 Å². The van der Waals surface area contributed by atoms with Gasteiger partial charge < -0.3 is 29.8 Å². The van der Waals surface area contributed by atoms with Gasteiger partial charge in [-0.3, -0.25) is 19.5 Å². The quantitative estimate of drug-likeness (QED) is 0.414. The molecule has 0 bridgehead atoms. The van der Waals surface area contributed by atoms with E-state index in [1.165, 1.54) is 6.07 Å². The number of nitrogens with zero attached hydrogens (tertiary/aromatic N) is 4. The first-order valence-electron chi connectivity index (χ1n) is 11.6. The summed E-state index contributed by atoms with van der Waals surface area (Å²) in [5.74, 6) is 1.44. The van der Waals surface area contributed by atoms with E-state index in [1.54, 1.807) is 30.0 Å². The molecule has 0 spiro atoms. The SMILES string of the molecule is COc1cnc2ccc(=O)n(CCN3CC(O)[C@H](CNCc4ccc5c(n4)NC(=O)CO5)C3)c2c1. The Morgan fingerprint density at radius 3 is 2.97 bits per heavy atom. The van der Waals surface area contributed by atoms with Crippen LogP contribution in [-0.4, -0.2) is 76.4 Å². The molecule has 5 rings (SSSR count). The number of methoxy groups -OCH3 is 1. The highest BCUT2D eigenvalue weighted by Gasteiger charge is 2.30. The van der Waals surface area contributed by atoms with Crippen molar-refractivity contribution in [3.63, 3.8) is 0 Å². The third kappa shape index (κ3) is 5.11. The molecule has 11 nitrogen and oxygen atoms in total. The number of carbonyl (C=O) groups excluding carboxylic acids is 1. The van der Waals surface area contributed by atoms with Crippen LogP contribution >= 0.6 is 0 Å². The summed E-state index contributed by atoms with van der Waals surface area (Å²) in [4.78, 5) is 35.0. The zero-order valence-corrected chi connectivity index (χ0v) is 19.4. The number of hydrogen-bond acceptors (Lipinski definition) is 9. The summed E-state index contributed by atoms with van der Waals surface area (Å²) in [6.07, 6.45) is 1.17. The van der Waals surface area contributed by atoms with Crippen LogP contribution in [0, 0.1) is 5.92 Å². The van der Waals surface area contributed by atoms with Crippen LogP contribution in [0.2, 0.25) is 0 Å². The molecule has 0 aliphatic carbocycles. The number of carbonyl (C=O) groups is 1. The average molecular weight is 481 g/mol. The average Bonchev–Trinajstić information content (AvgIpc) is 3.21. The van der Waals surface area contributed by atoms with Crippen molar-refractivity contribution in [2.75, 3.05) is 45.2 Å². The summed E-state index contributed by atoms with van der Waals surface area (Å²) in [5.41, 5.74) is 2.15. The van der Waals surface area contributed by atoms with E-state index in [0.29, 0.717) is 50.0 Å². The minimum absolute atomic E-state index is 0.00254. The van der Waals surface area contributed by atoms with Gasteiger partial charge in [-0.2, -0.15) is 0 Å². The first-order chi connectivity index (χ1) is 17.0. The number of fused-ring (bicyclic) bond motifs is 2. The van der Waals surface area contributed by atoms with Crippen molar-refractivity contribution in [1.82, 2.24) is 24.8 Å². The third-order valence-corrected chi connectivity index (χ3v) is 6.42. The van der Waals surface area contributed by atoms with Gasteiger partial charge in [0.15, 0.2) is 18.2 Å². The molecule has 11 heteroatoms. The first-order valence-corrected chi connectivity index (χ1v) is 11.6. The Bertz CT molecular complexity index is 1300. The second kappa shape index (κ2) is 9.98. The molecule has 3 aromatic rings. The zero-order chi connectivity index (χ0) is 24.4.